The summed E-state index contributed by atoms with van der Waals surface area (Å²) in [6.45, 7) is 0.166. The van der Waals surface area contributed by atoms with Crippen molar-refractivity contribution in [3.63, 3.8) is 0 Å². The molecule has 27 heavy (non-hydrogen) atoms. The summed E-state index contributed by atoms with van der Waals surface area (Å²) >= 11 is 0. The van der Waals surface area contributed by atoms with E-state index in [2.05, 4.69) is 4.72 Å². The van der Waals surface area contributed by atoms with Gasteiger partial charge < -0.3 is 14.6 Å². The molecule has 0 spiro atoms. The zero-order valence-electron chi connectivity index (χ0n) is 14.2. The van der Waals surface area contributed by atoms with Crippen LogP contribution in [-0.4, -0.2) is 38.2 Å². The minimum absolute atomic E-state index is 0.0971. The van der Waals surface area contributed by atoms with Crippen LogP contribution in [0.3, 0.4) is 0 Å². The zero-order chi connectivity index (χ0) is 19.5. The molecule has 3 rings (SSSR count). The number of benzene rings is 2. The molecule has 0 unspecified atom stereocenters. The first-order valence-corrected chi connectivity index (χ1v) is 9.68. The second kappa shape index (κ2) is 7.63. The van der Waals surface area contributed by atoms with E-state index in [4.69, 9.17) is 9.47 Å². The average Bonchev–Trinajstić information content (AvgIpc) is 2.64. The predicted molar refractivity (Wildman–Crippen MR) is 93.7 cm³/mol. The monoisotopic (exact) mass is 395 g/mol. The van der Waals surface area contributed by atoms with Crippen molar-refractivity contribution in [2.24, 2.45) is 0 Å². The Morgan fingerprint density at radius 2 is 1.70 bits per heavy atom. The fraction of sp³-hybridized carbons (Fsp3) is 0.278. The van der Waals surface area contributed by atoms with E-state index in [1.54, 1.807) is 0 Å². The Kier molecular flexibility index (Phi) is 5.45. The van der Waals surface area contributed by atoms with Gasteiger partial charge in [0.25, 0.3) is 0 Å². The third kappa shape index (κ3) is 4.44. The first kappa shape index (κ1) is 19.3. The van der Waals surface area contributed by atoms with Gasteiger partial charge in [-0.25, -0.2) is 12.8 Å². The standard InChI is InChI=1S/C18H18FNO6S/c19-13-2-4-14(5-3-13)26-15-6-8-16(9-7-15)27(23,24)20-18(17(21)22)10-1-11-25-12-18/h2-9,20H,1,10-12H2,(H,21,22)/t18-/m1/s1. The lowest BCUT2D eigenvalue weighted by atomic mass is 9.94. The number of carboxylic acid groups (broad SMARTS) is 1. The number of nitrogens with one attached hydrogen (secondary N) is 1. The molecule has 2 aromatic carbocycles. The first-order chi connectivity index (χ1) is 12.8. The molecule has 1 aliphatic rings. The van der Waals surface area contributed by atoms with E-state index in [0.29, 0.717) is 24.5 Å². The van der Waals surface area contributed by atoms with Gasteiger partial charge in [0.05, 0.1) is 11.5 Å². The van der Waals surface area contributed by atoms with E-state index < -0.39 is 27.3 Å². The average molecular weight is 395 g/mol. The fourth-order valence-corrected chi connectivity index (χ4v) is 4.10. The Morgan fingerprint density at radius 1 is 1.11 bits per heavy atom. The minimum atomic E-state index is -4.07. The van der Waals surface area contributed by atoms with Crippen molar-refractivity contribution in [2.45, 2.75) is 23.3 Å². The SMILES string of the molecule is O=C(O)[C@@]1(NS(=O)(=O)c2ccc(Oc3ccc(F)cc3)cc2)CCCOC1. The highest BCUT2D eigenvalue weighted by Crippen LogP contribution is 2.26. The van der Waals surface area contributed by atoms with Crippen LogP contribution in [0.15, 0.2) is 53.4 Å². The van der Waals surface area contributed by atoms with Crippen LogP contribution in [-0.2, 0) is 19.6 Å². The van der Waals surface area contributed by atoms with Gasteiger partial charge in [0, 0.05) is 6.61 Å². The number of halogens is 1. The minimum Gasteiger partial charge on any atom is -0.480 e. The van der Waals surface area contributed by atoms with Crippen molar-refractivity contribution in [2.75, 3.05) is 13.2 Å². The lowest BCUT2D eigenvalue weighted by molar-refractivity contribution is -0.149. The van der Waals surface area contributed by atoms with E-state index in [1.165, 1.54) is 48.5 Å². The smallest absolute Gasteiger partial charge is 0.327 e. The molecule has 0 aromatic heterocycles. The third-order valence-electron chi connectivity index (χ3n) is 4.16. The number of carboxylic acids is 1. The summed E-state index contributed by atoms with van der Waals surface area (Å²) in [7, 11) is -4.07. The van der Waals surface area contributed by atoms with Gasteiger partial charge in [0.15, 0.2) is 5.54 Å². The van der Waals surface area contributed by atoms with Crippen LogP contribution in [0, 0.1) is 5.82 Å². The molecular formula is C18H18FNO6S. The van der Waals surface area contributed by atoms with E-state index in [1.807, 2.05) is 0 Å². The van der Waals surface area contributed by atoms with Crippen LogP contribution in [0.5, 0.6) is 11.5 Å². The number of ether oxygens (including phenoxy) is 2. The molecule has 0 amide bonds. The predicted octanol–water partition coefficient (Wildman–Crippen LogP) is 2.53. The second-order valence-electron chi connectivity index (χ2n) is 6.18. The first-order valence-electron chi connectivity index (χ1n) is 8.19. The van der Waals surface area contributed by atoms with E-state index in [-0.39, 0.29) is 17.9 Å². The Morgan fingerprint density at radius 3 is 2.22 bits per heavy atom. The molecule has 0 bridgehead atoms. The summed E-state index contributed by atoms with van der Waals surface area (Å²) in [5.41, 5.74) is -1.68. The quantitative estimate of drug-likeness (QED) is 0.779. The van der Waals surface area contributed by atoms with Gasteiger partial charge in [-0.05, 0) is 61.4 Å². The highest BCUT2D eigenvalue weighted by Gasteiger charge is 2.44. The van der Waals surface area contributed by atoms with Crippen molar-refractivity contribution < 1.29 is 32.2 Å². The second-order valence-corrected chi connectivity index (χ2v) is 7.86. The van der Waals surface area contributed by atoms with Gasteiger partial charge >= 0.3 is 5.97 Å². The maximum absolute atomic E-state index is 12.9. The Hall–Kier alpha value is -2.49. The van der Waals surface area contributed by atoms with Crippen LogP contribution in [0.25, 0.3) is 0 Å². The van der Waals surface area contributed by atoms with Gasteiger partial charge in [0.2, 0.25) is 10.0 Å². The molecule has 1 heterocycles. The fourth-order valence-electron chi connectivity index (χ4n) is 2.73. The number of hydrogen-bond acceptors (Lipinski definition) is 5. The highest BCUT2D eigenvalue weighted by atomic mass is 32.2. The molecule has 1 fully saturated rings. The summed E-state index contributed by atoms with van der Waals surface area (Å²) in [6.07, 6.45) is 0.590. The van der Waals surface area contributed by atoms with Gasteiger partial charge in [-0.2, -0.15) is 4.72 Å². The normalized spacial score (nSPS) is 20.2. The molecular weight excluding hydrogens is 377 g/mol. The topological polar surface area (TPSA) is 102 Å². The number of aliphatic carboxylic acids is 1. The van der Waals surface area contributed by atoms with Crippen LogP contribution >= 0.6 is 0 Å². The van der Waals surface area contributed by atoms with Crippen LogP contribution in [0.4, 0.5) is 4.39 Å². The summed E-state index contributed by atoms with van der Waals surface area (Å²) in [4.78, 5) is 11.5. The zero-order valence-corrected chi connectivity index (χ0v) is 15.0. The molecule has 144 valence electrons. The largest absolute Gasteiger partial charge is 0.480 e. The summed E-state index contributed by atoms with van der Waals surface area (Å²) in [5, 5.41) is 9.47. The molecule has 0 aliphatic carbocycles. The molecule has 9 heteroatoms. The lowest BCUT2D eigenvalue weighted by Crippen LogP contribution is -2.59. The molecule has 0 radical (unpaired) electrons. The van der Waals surface area contributed by atoms with E-state index >= 15 is 0 Å². The molecule has 2 aromatic rings. The van der Waals surface area contributed by atoms with Crippen molar-refractivity contribution in [1.29, 1.82) is 0 Å². The summed E-state index contributed by atoms with van der Waals surface area (Å²) in [6, 6.07) is 10.9. The molecule has 2 N–H and O–H groups in total. The van der Waals surface area contributed by atoms with Crippen molar-refractivity contribution in [1.82, 2.24) is 4.72 Å². The van der Waals surface area contributed by atoms with Crippen LogP contribution < -0.4 is 9.46 Å². The number of rotatable bonds is 6. The Bertz CT molecular complexity index is 906. The van der Waals surface area contributed by atoms with Crippen molar-refractivity contribution in [3.05, 3.63) is 54.3 Å². The third-order valence-corrected chi connectivity index (χ3v) is 5.72. The van der Waals surface area contributed by atoms with Gasteiger partial charge in [-0.3, -0.25) is 4.79 Å². The number of sulfonamides is 1. The Balaban J connectivity index is 1.76. The lowest BCUT2D eigenvalue weighted by Gasteiger charge is -2.33. The Labute approximate surface area is 155 Å². The van der Waals surface area contributed by atoms with Crippen molar-refractivity contribution >= 4 is 16.0 Å². The highest BCUT2D eigenvalue weighted by molar-refractivity contribution is 7.89. The van der Waals surface area contributed by atoms with Gasteiger partial charge in [-0.1, -0.05) is 0 Å². The van der Waals surface area contributed by atoms with Crippen LogP contribution in [0.2, 0.25) is 0 Å². The van der Waals surface area contributed by atoms with Gasteiger partial charge in [0.1, 0.15) is 17.3 Å². The van der Waals surface area contributed by atoms with E-state index in [9.17, 15) is 22.7 Å². The molecule has 1 saturated heterocycles. The molecule has 1 atom stereocenters. The maximum atomic E-state index is 12.9. The summed E-state index contributed by atoms with van der Waals surface area (Å²) < 4.78 is 51.1. The van der Waals surface area contributed by atoms with Crippen molar-refractivity contribution in [3.8, 4) is 11.5 Å². The van der Waals surface area contributed by atoms with E-state index in [0.717, 1.165) is 0 Å². The molecule has 7 nitrogen and oxygen atoms in total. The van der Waals surface area contributed by atoms with Gasteiger partial charge in [-0.15, -0.1) is 0 Å². The number of carbonyl (C=O) groups is 1. The van der Waals surface area contributed by atoms with Crippen LogP contribution in [0.1, 0.15) is 12.8 Å². The maximum Gasteiger partial charge on any atom is 0.327 e. The number of hydrogen-bond donors (Lipinski definition) is 2. The molecule has 1 aliphatic heterocycles. The summed E-state index contributed by atoms with van der Waals surface area (Å²) in [5.74, 6) is -0.917. The molecule has 0 saturated carbocycles.